The Bertz CT molecular complexity index is 1930. The van der Waals surface area contributed by atoms with Gasteiger partial charge < -0.3 is 24.5 Å². The van der Waals surface area contributed by atoms with Crippen molar-refractivity contribution in [1.29, 1.82) is 0 Å². The normalized spacial score (nSPS) is 23.0. The molecule has 3 N–H and O–H groups in total. The number of fused-ring (bicyclic) bond motifs is 10. The van der Waals surface area contributed by atoms with Crippen molar-refractivity contribution in [3.05, 3.63) is 59.7 Å². The number of aliphatic hydroxyl groups is 2. The van der Waals surface area contributed by atoms with E-state index in [1.165, 1.54) is 13.8 Å². The molecule has 2 aromatic heterocycles. The van der Waals surface area contributed by atoms with Crippen molar-refractivity contribution in [2.24, 2.45) is 0 Å². The molecule has 10 heteroatoms. The Balaban J connectivity index is 1.67. The van der Waals surface area contributed by atoms with Crippen LogP contribution < -0.4 is 0 Å². The van der Waals surface area contributed by atoms with Crippen LogP contribution in [0.1, 0.15) is 47.0 Å². The lowest BCUT2D eigenvalue weighted by Gasteiger charge is -2.20. The monoisotopic (exact) mass is 525 g/mol. The molecule has 7 rings (SSSR count). The number of hydrogen-bond acceptors (Lipinski definition) is 7. The molecular weight excluding hydrogens is 502 g/mol. The van der Waals surface area contributed by atoms with E-state index in [1.54, 1.807) is 6.07 Å². The number of nitrogens with one attached hydrogen (secondary N) is 1. The number of amides is 3. The van der Waals surface area contributed by atoms with Gasteiger partial charge in [0.1, 0.15) is 18.3 Å². The van der Waals surface area contributed by atoms with Crippen molar-refractivity contribution in [3.8, 4) is 0 Å². The van der Waals surface area contributed by atoms with Crippen LogP contribution in [0.4, 0.5) is 0 Å². The smallest absolute Gasteiger partial charge is 0.302 e. The molecule has 2 aliphatic rings. The number of esters is 1. The van der Waals surface area contributed by atoms with Gasteiger partial charge in [0.15, 0.2) is 0 Å². The van der Waals surface area contributed by atoms with Gasteiger partial charge >= 0.3 is 5.97 Å². The number of ether oxygens (including phenoxy) is 1. The summed E-state index contributed by atoms with van der Waals surface area (Å²) in [4.78, 5) is 55.6. The minimum Gasteiger partial charge on any atom is -0.460 e. The number of nitrogens with zero attached hydrogens (tertiary/aromatic N) is 2. The Morgan fingerprint density at radius 3 is 2.23 bits per heavy atom. The lowest BCUT2D eigenvalue weighted by atomic mass is 9.96. The molecule has 4 atom stereocenters. The molecule has 196 valence electrons. The summed E-state index contributed by atoms with van der Waals surface area (Å²) in [6.45, 7) is 2.42. The summed E-state index contributed by atoms with van der Waals surface area (Å²) in [6.07, 6.45) is -3.41. The molecular formula is C29H23N3O7. The summed E-state index contributed by atoms with van der Waals surface area (Å²) < 4.78 is 7.17. The van der Waals surface area contributed by atoms with Crippen LogP contribution in [-0.2, 0) is 14.3 Å². The van der Waals surface area contributed by atoms with E-state index in [9.17, 15) is 29.4 Å². The lowest BCUT2D eigenvalue weighted by molar-refractivity contribution is -0.152. The first-order valence-corrected chi connectivity index (χ1v) is 12.6. The Hall–Kier alpha value is -4.54. The van der Waals surface area contributed by atoms with Gasteiger partial charge in [-0.2, -0.15) is 0 Å². The Morgan fingerprint density at radius 2 is 1.54 bits per heavy atom. The van der Waals surface area contributed by atoms with Gasteiger partial charge in [-0.25, -0.2) is 4.90 Å². The number of imide groups is 3. The Kier molecular flexibility index (Phi) is 4.82. The van der Waals surface area contributed by atoms with Gasteiger partial charge in [0.05, 0.1) is 28.2 Å². The number of rotatable bonds is 2. The first kappa shape index (κ1) is 23.6. The number of carbonyl (C=O) groups excluding carboxylic acids is 4. The van der Waals surface area contributed by atoms with Crippen LogP contribution in [0.5, 0.6) is 0 Å². The Morgan fingerprint density at radius 1 is 0.897 bits per heavy atom. The molecule has 0 spiro atoms. The van der Waals surface area contributed by atoms with E-state index in [2.05, 4.69) is 4.98 Å². The molecule has 1 saturated carbocycles. The summed E-state index contributed by atoms with van der Waals surface area (Å²) in [5.74, 6) is -2.63. The van der Waals surface area contributed by atoms with E-state index in [-0.39, 0.29) is 17.5 Å². The van der Waals surface area contributed by atoms with Gasteiger partial charge in [-0.3, -0.25) is 19.2 Å². The van der Waals surface area contributed by atoms with Crippen LogP contribution in [0, 0.1) is 0 Å². The summed E-state index contributed by atoms with van der Waals surface area (Å²) in [7, 11) is 0. The van der Waals surface area contributed by atoms with Crippen LogP contribution in [0.3, 0.4) is 0 Å². The largest absolute Gasteiger partial charge is 0.460 e. The molecule has 1 fully saturated rings. The van der Waals surface area contributed by atoms with Crippen molar-refractivity contribution in [3.63, 3.8) is 0 Å². The van der Waals surface area contributed by atoms with Crippen LogP contribution in [0.15, 0.2) is 48.5 Å². The third-order valence-corrected chi connectivity index (χ3v) is 8.00. The second kappa shape index (κ2) is 7.98. The van der Waals surface area contributed by atoms with Crippen molar-refractivity contribution >= 4 is 67.3 Å². The number of aromatic nitrogens is 2. The van der Waals surface area contributed by atoms with Crippen LogP contribution in [0.2, 0.25) is 0 Å². The number of aromatic amines is 1. The Labute approximate surface area is 220 Å². The molecule has 1 unspecified atom stereocenters. The molecule has 3 amide bonds. The third kappa shape index (κ3) is 2.98. The summed E-state index contributed by atoms with van der Waals surface area (Å²) in [5.41, 5.74) is 2.77. The minimum absolute atomic E-state index is 0.126. The highest BCUT2D eigenvalue weighted by molar-refractivity contribution is 6.42. The second-order valence-corrected chi connectivity index (χ2v) is 10.2. The zero-order valence-electron chi connectivity index (χ0n) is 21.0. The van der Waals surface area contributed by atoms with Gasteiger partial charge in [0.25, 0.3) is 11.8 Å². The standard InChI is InChI=1S/C29H23N3O7/c1-12(33)31-28(37)22-20-14-7-3-5-9-16(14)30-24(20)25-21(23(22)29(31)38)15-8-4-6-10-17(15)32(25)18-11-19(39-13(2)34)27(36)26(18)35/h3-10,18-19,26-27,30,35-36H,11H2,1-2H3/t18?,19-,26-,27+/m0/s1. The number of benzene rings is 3. The van der Waals surface area contributed by atoms with E-state index < -0.39 is 48.0 Å². The maximum atomic E-state index is 13.7. The second-order valence-electron chi connectivity index (χ2n) is 10.2. The molecule has 1 aliphatic carbocycles. The number of H-pyrrole nitrogens is 1. The zero-order chi connectivity index (χ0) is 27.3. The SMILES string of the molecule is CC(=O)O[C@H]1CC(n2c3ccccc3c3c4c(c5c6ccccc6[nH]c5c32)C(=O)N(C(C)=O)C4=O)[C@H](O)[C@@H]1O. The fourth-order valence-corrected chi connectivity index (χ4v) is 6.52. The van der Waals surface area contributed by atoms with Gasteiger partial charge in [-0.05, 0) is 12.1 Å². The van der Waals surface area contributed by atoms with E-state index >= 15 is 0 Å². The van der Waals surface area contributed by atoms with Crippen LogP contribution in [0.25, 0.3) is 43.6 Å². The van der Waals surface area contributed by atoms with Crippen molar-refractivity contribution in [2.45, 2.75) is 44.6 Å². The summed E-state index contributed by atoms with van der Waals surface area (Å²) >= 11 is 0. The maximum absolute atomic E-state index is 13.7. The molecule has 10 nitrogen and oxygen atoms in total. The molecule has 0 saturated heterocycles. The molecule has 3 aromatic carbocycles. The highest BCUT2D eigenvalue weighted by Crippen LogP contribution is 2.48. The van der Waals surface area contributed by atoms with Crippen molar-refractivity contribution < 1.29 is 34.1 Å². The predicted molar refractivity (Wildman–Crippen MR) is 141 cm³/mol. The van der Waals surface area contributed by atoms with Gasteiger partial charge in [-0.15, -0.1) is 0 Å². The molecule has 0 bridgehead atoms. The topological polar surface area (TPSA) is 142 Å². The lowest BCUT2D eigenvalue weighted by Crippen LogP contribution is -2.34. The number of para-hydroxylation sites is 2. The van der Waals surface area contributed by atoms with E-state index in [1.807, 2.05) is 47.0 Å². The van der Waals surface area contributed by atoms with Crippen LogP contribution in [-0.4, -0.2) is 66.7 Å². The average molecular weight is 526 g/mol. The third-order valence-electron chi connectivity index (χ3n) is 8.00. The number of carbonyl (C=O) groups is 4. The van der Waals surface area contributed by atoms with E-state index in [0.717, 1.165) is 5.52 Å². The van der Waals surface area contributed by atoms with Gasteiger partial charge in [0.2, 0.25) is 5.91 Å². The summed E-state index contributed by atoms with van der Waals surface area (Å²) in [5, 5.41) is 24.3. The first-order valence-electron chi connectivity index (χ1n) is 12.6. The molecule has 39 heavy (non-hydrogen) atoms. The van der Waals surface area contributed by atoms with E-state index in [0.29, 0.717) is 43.0 Å². The first-order chi connectivity index (χ1) is 18.7. The molecule has 5 aromatic rings. The molecule has 1 aliphatic heterocycles. The van der Waals surface area contributed by atoms with Crippen molar-refractivity contribution in [1.82, 2.24) is 14.5 Å². The predicted octanol–water partition coefficient (Wildman–Crippen LogP) is 3.17. The molecule has 3 heterocycles. The highest BCUT2D eigenvalue weighted by atomic mass is 16.6. The quantitative estimate of drug-likeness (QED) is 0.237. The van der Waals surface area contributed by atoms with Crippen LogP contribution >= 0.6 is 0 Å². The van der Waals surface area contributed by atoms with Gasteiger partial charge in [-0.1, -0.05) is 36.4 Å². The summed E-state index contributed by atoms with van der Waals surface area (Å²) in [6, 6.07) is 13.9. The molecule has 0 radical (unpaired) electrons. The minimum atomic E-state index is -1.32. The van der Waals surface area contributed by atoms with E-state index in [4.69, 9.17) is 4.74 Å². The zero-order valence-corrected chi connectivity index (χ0v) is 21.0. The fraction of sp³-hybridized carbons (Fsp3) is 0.241. The van der Waals surface area contributed by atoms with Crippen molar-refractivity contribution in [2.75, 3.05) is 0 Å². The fourth-order valence-electron chi connectivity index (χ4n) is 6.52. The number of aliphatic hydroxyl groups excluding tert-OH is 2. The number of hydrogen-bond donors (Lipinski definition) is 3. The maximum Gasteiger partial charge on any atom is 0.302 e. The highest BCUT2D eigenvalue weighted by Gasteiger charge is 2.47. The van der Waals surface area contributed by atoms with Gasteiger partial charge in [0, 0.05) is 52.8 Å². The average Bonchev–Trinajstić information content (AvgIpc) is 3.59.